The van der Waals surface area contributed by atoms with E-state index in [2.05, 4.69) is 63.2 Å². The summed E-state index contributed by atoms with van der Waals surface area (Å²) in [5.74, 6) is 0. The summed E-state index contributed by atoms with van der Waals surface area (Å²) in [7, 11) is 0. The highest BCUT2D eigenvalue weighted by atomic mass is 15.1. The van der Waals surface area contributed by atoms with Crippen LogP contribution < -0.4 is 0 Å². The van der Waals surface area contributed by atoms with Gasteiger partial charge in [-0.05, 0) is 42.7 Å². The van der Waals surface area contributed by atoms with Crippen molar-refractivity contribution in [3.8, 4) is 5.69 Å². The van der Waals surface area contributed by atoms with Crippen molar-refractivity contribution >= 4 is 0 Å². The fraction of sp³-hybridized carbons (Fsp3) is 0.316. The summed E-state index contributed by atoms with van der Waals surface area (Å²) in [5, 5.41) is 0. The molecule has 4 nitrogen and oxygen atoms in total. The smallest absolute Gasteiger partial charge is 0.0991 e. The van der Waals surface area contributed by atoms with Crippen LogP contribution in [0.1, 0.15) is 24.4 Å². The van der Waals surface area contributed by atoms with Gasteiger partial charge in [-0.1, -0.05) is 12.1 Å². The van der Waals surface area contributed by atoms with E-state index in [9.17, 15) is 0 Å². The van der Waals surface area contributed by atoms with E-state index in [0.717, 1.165) is 12.2 Å². The van der Waals surface area contributed by atoms with E-state index in [1.165, 1.54) is 31.5 Å². The van der Waals surface area contributed by atoms with Crippen LogP contribution in [0.3, 0.4) is 0 Å². The topological polar surface area (TPSA) is 26.0 Å². The Labute approximate surface area is 137 Å². The lowest BCUT2D eigenvalue weighted by Crippen LogP contribution is -2.33. The van der Waals surface area contributed by atoms with Gasteiger partial charge in [0.1, 0.15) is 0 Å². The van der Waals surface area contributed by atoms with Crippen LogP contribution in [-0.4, -0.2) is 32.1 Å². The fourth-order valence-electron chi connectivity index (χ4n) is 3.41. The third-order valence-electron chi connectivity index (χ3n) is 4.75. The van der Waals surface area contributed by atoms with Gasteiger partial charge in [-0.3, -0.25) is 4.90 Å². The van der Waals surface area contributed by atoms with Crippen molar-refractivity contribution in [2.24, 2.45) is 0 Å². The lowest BCUT2D eigenvalue weighted by molar-refractivity contribution is 0.180. The van der Waals surface area contributed by atoms with E-state index in [4.69, 9.17) is 0 Å². The Balaban J connectivity index is 1.34. The molecular formula is C19H22N4. The van der Waals surface area contributed by atoms with Crippen molar-refractivity contribution in [3.63, 3.8) is 0 Å². The van der Waals surface area contributed by atoms with Gasteiger partial charge in [0, 0.05) is 56.2 Å². The number of rotatable bonds is 4. The van der Waals surface area contributed by atoms with Crippen molar-refractivity contribution in [1.82, 2.24) is 19.0 Å². The number of aromatic nitrogens is 3. The van der Waals surface area contributed by atoms with Gasteiger partial charge in [0.25, 0.3) is 0 Å². The lowest BCUT2D eigenvalue weighted by Gasteiger charge is -2.32. The van der Waals surface area contributed by atoms with Crippen LogP contribution in [0.5, 0.6) is 0 Å². The zero-order chi connectivity index (χ0) is 15.5. The Morgan fingerprint density at radius 3 is 2.35 bits per heavy atom. The van der Waals surface area contributed by atoms with Crippen LogP contribution in [0.2, 0.25) is 0 Å². The molecular weight excluding hydrogens is 284 g/mol. The molecule has 0 N–H and O–H groups in total. The molecule has 2 aromatic heterocycles. The van der Waals surface area contributed by atoms with Gasteiger partial charge >= 0.3 is 0 Å². The normalized spacial score (nSPS) is 16.7. The van der Waals surface area contributed by atoms with Gasteiger partial charge in [-0.2, -0.15) is 0 Å². The monoisotopic (exact) mass is 306 g/mol. The van der Waals surface area contributed by atoms with Crippen molar-refractivity contribution < 1.29 is 0 Å². The highest BCUT2D eigenvalue weighted by molar-refractivity contribution is 5.34. The van der Waals surface area contributed by atoms with E-state index in [0.29, 0.717) is 6.04 Å². The minimum Gasteiger partial charge on any atom is -0.351 e. The number of likely N-dealkylation sites (tertiary alicyclic amines) is 1. The average molecular weight is 306 g/mol. The van der Waals surface area contributed by atoms with Crippen LogP contribution in [-0.2, 0) is 6.54 Å². The zero-order valence-electron chi connectivity index (χ0n) is 13.3. The number of benzene rings is 1. The molecule has 0 saturated carbocycles. The molecule has 3 heterocycles. The predicted molar refractivity (Wildman–Crippen MR) is 91.5 cm³/mol. The first kappa shape index (κ1) is 14.3. The first-order valence-corrected chi connectivity index (χ1v) is 8.30. The Kier molecular flexibility index (Phi) is 3.99. The molecule has 0 bridgehead atoms. The second-order valence-electron chi connectivity index (χ2n) is 6.27. The SMILES string of the molecule is c1ccn(C2CCN(Cc3ccc(-n4ccnc4)cc3)CC2)c1. The van der Waals surface area contributed by atoms with Gasteiger partial charge in [0.05, 0.1) is 6.33 Å². The summed E-state index contributed by atoms with van der Waals surface area (Å²) >= 11 is 0. The molecule has 1 aromatic carbocycles. The molecule has 1 fully saturated rings. The molecule has 23 heavy (non-hydrogen) atoms. The van der Waals surface area contributed by atoms with Crippen molar-refractivity contribution in [3.05, 3.63) is 73.1 Å². The quantitative estimate of drug-likeness (QED) is 0.737. The molecule has 0 unspecified atom stereocenters. The molecule has 3 aromatic rings. The van der Waals surface area contributed by atoms with Crippen LogP contribution in [0, 0.1) is 0 Å². The van der Waals surface area contributed by atoms with Gasteiger partial charge in [0.15, 0.2) is 0 Å². The number of nitrogens with zero attached hydrogens (tertiary/aromatic N) is 4. The largest absolute Gasteiger partial charge is 0.351 e. The molecule has 0 atom stereocenters. The van der Waals surface area contributed by atoms with Crippen LogP contribution in [0.25, 0.3) is 5.69 Å². The summed E-state index contributed by atoms with van der Waals surface area (Å²) in [4.78, 5) is 6.66. The first-order chi connectivity index (χ1) is 11.4. The summed E-state index contributed by atoms with van der Waals surface area (Å²) in [6.45, 7) is 3.39. The summed E-state index contributed by atoms with van der Waals surface area (Å²) < 4.78 is 4.39. The second kappa shape index (κ2) is 6.42. The Bertz CT molecular complexity index is 705. The van der Waals surface area contributed by atoms with Crippen molar-refractivity contribution in [2.45, 2.75) is 25.4 Å². The fourth-order valence-corrected chi connectivity index (χ4v) is 3.41. The van der Waals surface area contributed by atoms with Crippen LogP contribution in [0.15, 0.2) is 67.5 Å². The molecule has 1 saturated heterocycles. The Hall–Kier alpha value is -2.33. The number of hydrogen-bond acceptors (Lipinski definition) is 2. The van der Waals surface area contributed by atoms with E-state index in [1.807, 2.05) is 23.3 Å². The van der Waals surface area contributed by atoms with E-state index < -0.39 is 0 Å². The molecule has 4 heteroatoms. The van der Waals surface area contributed by atoms with Crippen LogP contribution in [0.4, 0.5) is 0 Å². The minimum atomic E-state index is 0.671. The highest BCUT2D eigenvalue weighted by Gasteiger charge is 2.19. The molecule has 0 radical (unpaired) electrons. The average Bonchev–Trinajstić information content (AvgIpc) is 3.30. The third-order valence-corrected chi connectivity index (χ3v) is 4.75. The molecule has 0 aliphatic carbocycles. The van der Waals surface area contributed by atoms with Crippen molar-refractivity contribution in [1.29, 1.82) is 0 Å². The zero-order valence-corrected chi connectivity index (χ0v) is 13.3. The van der Waals surface area contributed by atoms with E-state index >= 15 is 0 Å². The number of hydrogen-bond donors (Lipinski definition) is 0. The lowest BCUT2D eigenvalue weighted by atomic mass is 10.0. The summed E-state index contributed by atoms with van der Waals surface area (Å²) in [6, 6.07) is 13.7. The maximum Gasteiger partial charge on any atom is 0.0991 e. The predicted octanol–water partition coefficient (Wildman–Crippen LogP) is 3.51. The van der Waals surface area contributed by atoms with E-state index in [1.54, 1.807) is 0 Å². The Morgan fingerprint density at radius 1 is 0.957 bits per heavy atom. The molecule has 1 aliphatic heterocycles. The molecule has 1 aliphatic rings. The van der Waals surface area contributed by atoms with E-state index in [-0.39, 0.29) is 0 Å². The maximum atomic E-state index is 4.10. The molecule has 4 rings (SSSR count). The van der Waals surface area contributed by atoms with Gasteiger partial charge in [-0.25, -0.2) is 4.98 Å². The third kappa shape index (κ3) is 3.22. The van der Waals surface area contributed by atoms with Gasteiger partial charge in [-0.15, -0.1) is 0 Å². The Morgan fingerprint density at radius 2 is 1.70 bits per heavy atom. The highest BCUT2D eigenvalue weighted by Crippen LogP contribution is 2.23. The number of piperidine rings is 1. The van der Waals surface area contributed by atoms with Crippen LogP contribution >= 0.6 is 0 Å². The summed E-state index contributed by atoms with van der Waals surface area (Å²) in [6.07, 6.45) is 12.5. The standard InChI is InChI=1S/C19H22N4/c1-2-11-22(10-1)19-7-12-21(13-8-19)15-17-3-5-18(6-4-17)23-14-9-20-16-23/h1-6,9-11,14,16,19H,7-8,12-13,15H2. The molecule has 0 amide bonds. The second-order valence-corrected chi connectivity index (χ2v) is 6.27. The maximum absolute atomic E-state index is 4.10. The first-order valence-electron chi connectivity index (χ1n) is 8.30. The molecule has 118 valence electrons. The van der Waals surface area contributed by atoms with Gasteiger partial charge in [0.2, 0.25) is 0 Å². The number of imidazole rings is 1. The van der Waals surface area contributed by atoms with Crippen molar-refractivity contribution in [2.75, 3.05) is 13.1 Å². The summed E-state index contributed by atoms with van der Waals surface area (Å²) in [5.41, 5.74) is 2.55. The molecule has 0 spiro atoms. The van der Waals surface area contributed by atoms with Gasteiger partial charge < -0.3 is 9.13 Å². The minimum absolute atomic E-state index is 0.671.